The molecule has 1 atom stereocenters. The van der Waals surface area contributed by atoms with Crippen molar-refractivity contribution in [2.24, 2.45) is 0 Å². The Kier molecular flexibility index (Phi) is 7.04. The third-order valence-electron chi connectivity index (χ3n) is 5.60. The highest BCUT2D eigenvalue weighted by molar-refractivity contribution is 6.00. The first-order valence-corrected chi connectivity index (χ1v) is 10.4. The second kappa shape index (κ2) is 9.70. The summed E-state index contributed by atoms with van der Waals surface area (Å²) in [7, 11) is 0. The molecule has 0 heterocycles. The summed E-state index contributed by atoms with van der Waals surface area (Å²) >= 11 is 0. The number of ether oxygens (including phenoxy) is 1. The van der Waals surface area contributed by atoms with Crippen molar-refractivity contribution in [1.82, 2.24) is 0 Å². The molecule has 5 heteroatoms. The second-order valence-corrected chi connectivity index (χ2v) is 7.64. The Morgan fingerprint density at radius 2 is 1.79 bits per heavy atom. The summed E-state index contributed by atoms with van der Waals surface area (Å²) in [6, 6.07) is 12.8. The number of hydrogen-bond acceptors (Lipinski definition) is 4. The number of hydrogen-bond donors (Lipinski definition) is 2. The zero-order chi connectivity index (χ0) is 20.8. The van der Waals surface area contributed by atoms with Gasteiger partial charge in [0.1, 0.15) is 0 Å². The average Bonchev–Trinajstić information content (AvgIpc) is 2.73. The highest BCUT2D eigenvalue weighted by Crippen LogP contribution is 2.32. The van der Waals surface area contributed by atoms with E-state index in [1.54, 1.807) is 19.1 Å². The van der Waals surface area contributed by atoms with Crippen molar-refractivity contribution in [3.8, 4) is 0 Å². The molecule has 5 nitrogen and oxygen atoms in total. The number of aryl methyl sites for hydroxylation is 1. The summed E-state index contributed by atoms with van der Waals surface area (Å²) < 4.78 is 5.65. The molecular formula is C24H29NO4. The van der Waals surface area contributed by atoms with Gasteiger partial charge in [-0.15, -0.1) is 0 Å². The zero-order valence-electron chi connectivity index (χ0n) is 17.1. The molecule has 3 rings (SSSR count). The summed E-state index contributed by atoms with van der Waals surface area (Å²) in [6.45, 7) is 3.96. The van der Waals surface area contributed by atoms with Crippen LogP contribution in [0.2, 0.25) is 0 Å². The molecular weight excluding hydrogens is 366 g/mol. The number of benzene rings is 2. The van der Waals surface area contributed by atoms with Gasteiger partial charge >= 0.3 is 5.97 Å². The van der Waals surface area contributed by atoms with Crippen LogP contribution in [0, 0.1) is 6.92 Å². The minimum Gasteiger partial charge on any atom is -0.478 e. The van der Waals surface area contributed by atoms with Crippen LogP contribution in [-0.4, -0.2) is 29.7 Å². The number of rotatable bonds is 8. The van der Waals surface area contributed by atoms with Crippen LogP contribution in [0.25, 0.3) is 0 Å². The molecule has 1 fully saturated rings. The van der Waals surface area contributed by atoms with Crippen LogP contribution in [0.5, 0.6) is 0 Å². The molecule has 0 spiro atoms. The highest BCUT2D eigenvalue weighted by Gasteiger charge is 2.22. The van der Waals surface area contributed by atoms with Crippen LogP contribution in [0.4, 0.5) is 5.69 Å². The van der Waals surface area contributed by atoms with E-state index in [0.29, 0.717) is 29.3 Å². The Morgan fingerprint density at radius 3 is 2.38 bits per heavy atom. The van der Waals surface area contributed by atoms with Crippen molar-refractivity contribution in [2.75, 3.05) is 11.9 Å². The van der Waals surface area contributed by atoms with E-state index in [-0.39, 0.29) is 11.3 Å². The van der Waals surface area contributed by atoms with Crippen LogP contribution in [0.1, 0.15) is 76.8 Å². The third-order valence-corrected chi connectivity index (χ3v) is 5.60. The first-order valence-electron chi connectivity index (χ1n) is 10.4. The van der Waals surface area contributed by atoms with Crippen LogP contribution in [-0.2, 0) is 4.74 Å². The maximum atomic E-state index is 13.0. The molecule has 0 radical (unpaired) electrons. The SMILES string of the molecule is CCOC(Nc1ccc(C(=O)O)c(C)c1)C(=O)c1ccc(C2CCCCC2)cc1. The van der Waals surface area contributed by atoms with Gasteiger partial charge in [0.15, 0.2) is 6.23 Å². The molecule has 0 aliphatic heterocycles. The van der Waals surface area contributed by atoms with Gasteiger partial charge in [0.2, 0.25) is 5.78 Å². The van der Waals surface area contributed by atoms with Crippen molar-refractivity contribution < 1.29 is 19.4 Å². The van der Waals surface area contributed by atoms with Gasteiger partial charge in [0.25, 0.3) is 0 Å². The van der Waals surface area contributed by atoms with Gasteiger partial charge in [-0.05, 0) is 61.9 Å². The molecule has 29 heavy (non-hydrogen) atoms. The van der Waals surface area contributed by atoms with Crippen molar-refractivity contribution in [2.45, 2.75) is 58.1 Å². The topological polar surface area (TPSA) is 75.6 Å². The van der Waals surface area contributed by atoms with E-state index in [1.807, 2.05) is 19.1 Å². The largest absolute Gasteiger partial charge is 0.478 e. The number of Topliss-reactive ketones (excluding diaryl/α,β-unsaturated/α-hetero) is 1. The lowest BCUT2D eigenvalue weighted by Gasteiger charge is -2.22. The Bertz CT molecular complexity index is 854. The maximum Gasteiger partial charge on any atom is 0.335 e. The van der Waals surface area contributed by atoms with Crippen molar-refractivity contribution in [3.05, 3.63) is 64.7 Å². The molecule has 0 saturated heterocycles. The number of anilines is 1. The Labute approximate surface area is 172 Å². The molecule has 1 unspecified atom stereocenters. The third kappa shape index (κ3) is 5.24. The Hall–Kier alpha value is -2.66. The van der Waals surface area contributed by atoms with Crippen molar-refractivity contribution in [3.63, 3.8) is 0 Å². The molecule has 0 aromatic heterocycles. The first kappa shape index (κ1) is 21.1. The van der Waals surface area contributed by atoms with Crippen LogP contribution in [0.3, 0.4) is 0 Å². The van der Waals surface area contributed by atoms with E-state index in [1.165, 1.54) is 43.7 Å². The van der Waals surface area contributed by atoms with E-state index in [9.17, 15) is 14.7 Å². The zero-order valence-corrected chi connectivity index (χ0v) is 17.1. The number of carboxylic acid groups (broad SMARTS) is 1. The minimum absolute atomic E-state index is 0.137. The lowest BCUT2D eigenvalue weighted by atomic mass is 9.84. The summed E-state index contributed by atoms with van der Waals surface area (Å²) in [5, 5.41) is 12.3. The summed E-state index contributed by atoms with van der Waals surface area (Å²) in [4.78, 5) is 24.2. The Balaban J connectivity index is 1.73. The smallest absolute Gasteiger partial charge is 0.335 e. The summed E-state index contributed by atoms with van der Waals surface area (Å²) in [5.41, 5.74) is 3.43. The quantitative estimate of drug-likeness (QED) is 0.462. The van der Waals surface area contributed by atoms with Crippen LogP contribution >= 0.6 is 0 Å². The predicted molar refractivity (Wildman–Crippen MR) is 114 cm³/mol. The fourth-order valence-electron chi connectivity index (χ4n) is 4.00. The fourth-order valence-corrected chi connectivity index (χ4v) is 4.00. The van der Waals surface area contributed by atoms with Gasteiger partial charge in [0, 0.05) is 17.9 Å². The van der Waals surface area contributed by atoms with Gasteiger partial charge in [-0.2, -0.15) is 0 Å². The van der Waals surface area contributed by atoms with Gasteiger partial charge in [-0.1, -0.05) is 43.5 Å². The standard InChI is InChI=1S/C24H29NO4/c1-3-29-23(25-20-13-14-21(24(27)28)16(2)15-20)22(26)19-11-9-18(10-12-19)17-7-5-4-6-8-17/h9-15,17,23,25H,3-8H2,1-2H3,(H,27,28). The van der Waals surface area contributed by atoms with Gasteiger partial charge in [0.05, 0.1) is 5.56 Å². The lowest BCUT2D eigenvalue weighted by Crippen LogP contribution is -2.32. The molecule has 2 N–H and O–H groups in total. The predicted octanol–water partition coefficient (Wildman–Crippen LogP) is 5.40. The van der Waals surface area contributed by atoms with Gasteiger partial charge in [-0.3, -0.25) is 4.79 Å². The number of nitrogens with one attached hydrogen (secondary N) is 1. The van der Waals surface area contributed by atoms with Crippen LogP contribution < -0.4 is 5.32 Å². The molecule has 2 aromatic rings. The summed E-state index contributed by atoms with van der Waals surface area (Å²) in [5.74, 6) is -0.504. The molecule has 1 aliphatic rings. The van der Waals surface area contributed by atoms with Crippen LogP contribution in [0.15, 0.2) is 42.5 Å². The van der Waals surface area contributed by atoms with Gasteiger partial charge in [-0.25, -0.2) is 4.79 Å². The minimum atomic E-state index is -0.968. The molecule has 1 aliphatic carbocycles. The summed E-state index contributed by atoms with van der Waals surface area (Å²) in [6.07, 6.45) is 5.51. The number of aromatic carboxylic acids is 1. The van der Waals surface area contributed by atoms with E-state index >= 15 is 0 Å². The highest BCUT2D eigenvalue weighted by atomic mass is 16.5. The normalized spacial score (nSPS) is 15.7. The van der Waals surface area contributed by atoms with Crippen molar-refractivity contribution >= 4 is 17.4 Å². The number of carboxylic acids is 1. The van der Waals surface area contributed by atoms with E-state index in [4.69, 9.17) is 4.74 Å². The van der Waals surface area contributed by atoms with Gasteiger partial charge < -0.3 is 15.2 Å². The molecule has 0 amide bonds. The number of carbonyl (C=O) groups is 2. The Morgan fingerprint density at radius 1 is 1.10 bits per heavy atom. The van der Waals surface area contributed by atoms with Crippen molar-refractivity contribution in [1.29, 1.82) is 0 Å². The molecule has 154 valence electrons. The monoisotopic (exact) mass is 395 g/mol. The molecule has 2 aromatic carbocycles. The lowest BCUT2D eigenvalue weighted by molar-refractivity contribution is 0.0549. The molecule has 0 bridgehead atoms. The first-order chi connectivity index (χ1) is 14.0. The maximum absolute atomic E-state index is 13.0. The fraction of sp³-hybridized carbons (Fsp3) is 0.417. The second-order valence-electron chi connectivity index (χ2n) is 7.64. The average molecular weight is 395 g/mol. The van der Waals surface area contributed by atoms with E-state index < -0.39 is 12.2 Å². The molecule has 1 saturated carbocycles. The van der Waals surface area contributed by atoms with E-state index in [0.717, 1.165) is 0 Å². The number of carbonyl (C=O) groups excluding carboxylic acids is 1. The number of ketones is 1. The van der Waals surface area contributed by atoms with E-state index in [2.05, 4.69) is 17.4 Å².